The normalized spacial score (nSPS) is 16.1. The third-order valence-electron chi connectivity index (χ3n) is 3.97. The number of likely N-dealkylation sites (N-methyl/N-ethyl adjacent to an activating group) is 1. The van der Waals surface area contributed by atoms with Crippen molar-refractivity contribution in [1.82, 2.24) is 4.31 Å². The molecule has 0 aliphatic carbocycles. The van der Waals surface area contributed by atoms with Gasteiger partial charge in [0.25, 0.3) is 0 Å². The average Bonchev–Trinajstić information content (AvgIpc) is 2.88. The Labute approximate surface area is 125 Å². The lowest BCUT2D eigenvalue weighted by Crippen LogP contribution is -2.39. The minimum atomic E-state index is -3.56. The van der Waals surface area contributed by atoms with E-state index in [0.29, 0.717) is 13.0 Å². The average molecular weight is 311 g/mol. The molecule has 0 radical (unpaired) electrons. The summed E-state index contributed by atoms with van der Waals surface area (Å²) in [6.45, 7) is 4.14. The Kier molecular flexibility index (Phi) is 4.36. The number of nitrogens with zero attached hydrogens (tertiary/aromatic N) is 2. The van der Waals surface area contributed by atoms with Crippen LogP contribution in [0.25, 0.3) is 0 Å². The van der Waals surface area contributed by atoms with Gasteiger partial charge in [-0.15, -0.1) is 0 Å². The van der Waals surface area contributed by atoms with E-state index in [1.807, 2.05) is 0 Å². The molecule has 0 spiro atoms. The van der Waals surface area contributed by atoms with Gasteiger partial charge in [-0.2, -0.15) is 4.31 Å². The highest BCUT2D eigenvalue weighted by molar-refractivity contribution is 7.89. The minimum Gasteiger partial charge on any atom is -0.329 e. The van der Waals surface area contributed by atoms with Crippen molar-refractivity contribution in [2.24, 2.45) is 5.73 Å². The van der Waals surface area contributed by atoms with Gasteiger partial charge < -0.3 is 10.6 Å². The quantitative estimate of drug-likeness (QED) is 0.881. The van der Waals surface area contributed by atoms with Crippen molar-refractivity contribution >= 4 is 21.6 Å². The van der Waals surface area contributed by atoms with E-state index in [9.17, 15) is 13.2 Å². The van der Waals surface area contributed by atoms with Gasteiger partial charge in [-0.3, -0.25) is 4.79 Å². The zero-order chi connectivity index (χ0) is 15.8. The molecule has 1 aromatic carbocycles. The van der Waals surface area contributed by atoms with E-state index in [0.717, 1.165) is 11.3 Å². The van der Waals surface area contributed by atoms with Crippen LogP contribution in [0.2, 0.25) is 0 Å². The maximum atomic E-state index is 12.5. The van der Waals surface area contributed by atoms with E-state index in [-0.39, 0.29) is 23.4 Å². The highest BCUT2D eigenvalue weighted by Crippen LogP contribution is 2.31. The summed E-state index contributed by atoms with van der Waals surface area (Å²) in [6, 6.07) is 4.65. The van der Waals surface area contributed by atoms with Gasteiger partial charge in [-0.1, -0.05) is 0 Å². The Morgan fingerprint density at radius 3 is 2.71 bits per heavy atom. The molecule has 0 fully saturated rings. The topological polar surface area (TPSA) is 83.7 Å². The Morgan fingerprint density at radius 2 is 2.14 bits per heavy atom. The summed E-state index contributed by atoms with van der Waals surface area (Å²) < 4.78 is 26.4. The largest absolute Gasteiger partial charge is 0.329 e. The summed E-state index contributed by atoms with van der Waals surface area (Å²) >= 11 is 0. The van der Waals surface area contributed by atoms with Crippen LogP contribution in [0.1, 0.15) is 19.4 Å². The third-order valence-corrected chi connectivity index (χ3v) is 5.93. The van der Waals surface area contributed by atoms with Gasteiger partial charge in [-0.25, -0.2) is 8.42 Å². The van der Waals surface area contributed by atoms with Crippen LogP contribution in [0, 0.1) is 0 Å². The molecule has 1 aliphatic rings. The summed E-state index contributed by atoms with van der Waals surface area (Å²) in [5.74, 6) is -0.0294. The minimum absolute atomic E-state index is 0.0294. The number of nitrogens with two attached hydrogens (primary N) is 1. The number of benzene rings is 1. The Balaban J connectivity index is 2.38. The molecular formula is C14H21N3O3S. The predicted molar refractivity (Wildman–Crippen MR) is 81.6 cm³/mol. The molecule has 0 saturated carbocycles. The van der Waals surface area contributed by atoms with Crippen molar-refractivity contribution in [3.05, 3.63) is 23.8 Å². The molecule has 7 heteroatoms. The van der Waals surface area contributed by atoms with Crippen molar-refractivity contribution in [2.45, 2.75) is 31.2 Å². The Morgan fingerprint density at radius 1 is 1.48 bits per heavy atom. The van der Waals surface area contributed by atoms with Gasteiger partial charge in [0.05, 0.1) is 4.90 Å². The first kappa shape index (κ1) is 15.9. The summed E-state index contributed by atoms with van der Waals surface area (Å²) in [5, 5.41) is 0. The van der Waals surface area contributed by atoms with E-state index in [4.69, 9.17) is 5.73 Å². The molecule has 1 atom stereocenters. The number of sulfonamides is 1. The number of rotatable bonds is 4. The second-order valence-corrected chi connectivity index (χ2v) is 7.31. The van der Waals surface area contributed by atoms with E-state index in [1.165, 1.54) is 18.3 Å². The number of hydrogen-bond donors (Lipinski definition) is 1. The van der Waals surface area contributed by atoms with Crippen LogP contribution in [-0.2, 0) is 21.2 Å². The number of carbonyl (C=O) groups is 1. The molecular weight excluding hydrogens is 290 g/mol. The Bertz CT molecular complexity index is 657. The molecule has 116 valence electrons. The maximum absolute atomic E-state index is 12.5. The van der Waals surface area contributed by atoms with Crippen molar-refractivity contribution in [3.63, 3.8) is 0 Å². The summed E-state index contributed by atoms with van der Waals surface area (Å²) in [5.41, 5.74) is 7.23. The number of amides is 1. The van der Waals surface area contributed by atoms with E-state index >= 15 is 0 Å². The molecule has 0 saturated heterocycles. The SMILES string of the molecule is CC(=O)N1CCc2cc(S(=O)(=O)N(C)C(C)CN)ccc21. The van der Waals surface area contributed by atoms with Crippen molar-refractivity contribution in [3.8, 4) is 0 Å². The van der Waals surface area contributed by atoms with Crippen molar-refractivity contribution in [2.75, 3.05) is 25.0 Å². The fraction of sp³-hybridized carbons (Fsp3) is 0.500. The predicted octanol–water partition coefficient (Wildman–Crippen LogP) is 0.563. The highest BCUT2D eigenvalue weighted by Gasteiger charge is 2.28. The second-order valence-electron chi connectivity index (χ2n) is 5.32. The van der Waals surface area contributed by atoms with E-state index < -0.39 is 10.0 Å². The smallest absolute Gasteiger partial charge is 0.243 e. The van der Waals surface area contributed by atoms with Crippen LogP contribution in [0.15, 0.2) is 23.1 Å². The zero-order valence-corrected chi connectivity index (χ0v) is 13.4. The molecule has 2 rings (SSSR count). The highest BCUT2D eigenvalue weighted by atomic mass is 32.2. The van der Waals surface area contributed by atoms with Crippen molar-refractivity contribution < 1.29 is 13.2 Å². The molecule has 21 heavy (non-hydrogen) atoms. The second kappa shape index (κ2) is 5.75. The monoisotopic (exact) mass is 311 g/mol. The molecule has 2 N–H and O–H groups in total. The van der Waals surface area contributed by atoms with Gasteiger partial charge in [0, 0.05) is 38.8 Å². The molecule has 1 heterocycles. The van der Waals surface area contributed by atoms with Crippen LogP contribution >= 0.6 is 0 Å². The van der Waals surface area contributed by atoms with Gasteiger partial charge >= 0.3 is 0 Å². The van der Waals surface area contributed by atoms with Gasteiger partial charge in [-0.05, 0) is 37.1 Å². The summed E-state index contributed by atoms with van der Waals surface area (Å²) in [6.07, 6.45) is 0.675. The first-order valence-corrected chi connectivity index (χ1v) is 8.32. The third kappa shape index (κ3) is 2.81. The molecule has 0 aromatic heterocycles. The molecule has 1 aliphatic heterocycles. The number of hydrogen-bond acceptors (Lipinski definition) is 4. The van der Waals surface area contributed by atoms with Crippen molar-refractivity contribution in [1.29, 1.82) is 0 Å². The van der Waals surface area contributed by atoms with Crippen LogP contribution in [0.5, 0.6) is 0 Å². The van der Waals surface area contributed by atoms with E-state index in [2.05, 4.69) is 0 Å². The molecule has 1 aromatic rings. The summed E-state index contributed by atoms with van der Waals surface area (Å²) in [7, 11) is -2.03. The molecule has 1 unspecified atom stereocenters. The maximum Gasteiger partial charge on any atom is 0.243 e. The zero-order valence-electron chi connectivity index (χ0n) is 12.5. The van der Waals surface area contributed by atoms with Crippen LogP contribution in [0.4, 0.5) is 5.69 Å². The van der Waals surface area contributed by atoms with Crippen LogP contribution in [-0.4, -0.2) is 44.8 Å². The van der Waals surface area contributed by atoms with Crippen LogP contribution < -0.4 is 10.6 Å². The fourth-order valence-corrected chi connectivity index (χ4v) is 3.84. The number of fused-ring (bicyclic) bond motifs is 1. The molecule has 0 bridgehead atoms. The van der Waals surface area contributed by atoms with Gasteiger partial charge in [0.15, 0.2) is 0 Å². The standard InChI is InChI=1S/C14H21N3O3S/c1-10(9-15)16(3)21(19,20)13-4-5-14-12(8-13)6-7-17(14)11(2)18/h4-5,8,10H,6-7,9,15H2,1-3H3. The Hall–Kier alpha value is -1.44. The fourth-order valence-electron chi connectivity index (χ4n) is 2.42. The van der Waals surface area contributed by atoms with E-state index in [1.54, 1.807) is 30.0 Å². The molecule has 6 nitrogen and oxygen atoms in total. The number of anilines is 1. The summed E-state index contributed by atoms with van der Waals surface area (Å²) in [4.78, 5) is 13.4. The first-order chi connectivity index (χ1) is 9.78. The van der Waals surface area contributed by atoms with Crippen LogP contribution in [0.3, 0.4) is 0 Å². The van der Waals surface area contributed by atoms with Gasteiger partial charge in [0.1, 0.15) is 0 Å². The molecule has 1 amide bonds. The lowest BCUT2D eigenvalue weighted by Gasteiger charge is -2.23. The first-order valence-electron chi connectivity index (χ1n) is 6.88. The lowest BCUT2D eigenvalue weighted by atomic mass is 10.2. The van der Waals surface area contributed by atoms with Gasteiger partial charge in [0.2, 0.25) is 15.9 Å². The number of carbonyl (C=O) groups excluding carboxylic acids is 1. The lowest BCUT2D eigenvalue weighted by molar-refractivity contribution is -0.116.